The average Bonchev–Trinajstić information content (AvgIpc) is 2.91. The molecule has 0 bridgehead atoms. The number of aryl methyl sites for hydroxylation is 1. The van der Waals surface area contributed by atoms with E-state index in [2.05, 4.69) is 29.3 Å². The first kappa shape index (κ1) is 14.4. The second-order valence-corrected chi connectivity index (χ2v) is 5.32. The first-order chi connectivity index (χ1) is 9.34. The van der Waals surface area contributed by atoms with Gasteiger partial charge in [0.2, 0.25) is 0 Å². The molecule has 0 saturated carbocycles. The first-order valence-electron chi connectivity index (χ1n) is 7.47. The molecule has 3 heteroatoms. The van der Waals surface area contributed by atoms with Crippen LogP contribution in [0.5, 0.6) is 5.75 Å². The highest BCUT2D eigenvalue weighted by molar-refractivity contribution is 5.27. The van der Waals surface area contributed by atoms with Crippen LogP contribution in [-0.2, 0) is 0 Å². The number of likely N-dealkylation sites (tertiary alicyclic amines) is 1. The molecule has 106 valence electrons. The number of nitrogens with zero attached hydrogens (tertiary/aromatic N) is 1. The van der Waals surface area contributed by atoms with Crippen molar-refractivity contribution in [3.8, 4) is 5.75 Å². The van der Waals surface area contributed by atoms with Crippen molar-refractivity contribution in [1.82, 2.24) is 10.2 Å². The van der Waals surface area contributed by atoms with Crippen molar-refractivity contribution in [2.75, 3.05) is 39.3 Å². The summed E-state index contributed by atoms with van der Waals surface area (Å²) in [5.41, 5.74) is 1.25. The van der Waals surface area contributed by atoms with Crippen molar-refractivity contribution in [3.05, 3.63) is 29.8 Å². The topological polar surface area (TPSA) is 24.5 Å². The average molecular weight is 262 g/mol. The molecule has 0 radical (unpaired) electrons. The van der Waals surface area contributed by atoms with Gasteiger partial charge in [0.1, 0.15) is 5.75 Å². The molecule has 1 aromatic carbocycles. The molecule has 1 fully saturated rings. The molecule has 19 heavy (non-hydrogen) atoms. The highest BCUT2D eigenvalue weighted by atomic mass is 16.5. The molecule has 2 rings (SSSR count). The third-order valence-electron chi connectivity index (χ3n) is 3.56. The van der Waals surface area contributed by atoms with Crippen LogP contribution >= 0.6 is 0 Å². The van der Waals surface area contributed by atoms with Crippen molar-refractivity contribution in [3.63, 3.8) is 0 Å². The van der Waals surface area contributed by atoms with E-state index in [1.54, 1.807) is 0 Å². The molecule has 0 amide bonds. The van der Waals surface area contributed by atoms with E-state index in [4.69, 9.17) is 4.74 Å². The molecule has 1 aliphatic heterocycles. The molecule has 1 aromatic rings. The summed E-state index contributed by atoms with van der Waals surface area (Å²) in [6.45, 7) is 8.80. The fourth-order valence-corrected chi connectivity index (χ4v) is 2.46. The summed E-state index contributed by atoms with van der Waals surface area (Å²) < 4.78 is 5.72. The lowest BCUT2D eigenvalue weighted by Gasteiger charge is -2.14. The number of hydrogen-bond acceptors (Lipinski definition) is 3. The minimum absolute atomic E-state index is 0.792. The number of nitrogens with one attached hydrogen (secondary N) is 1. The molecule has 1 N–H and O–H groups in total. The number of ether oxygens (including phenoxy) is 1. The van der Waals surface area contributed by atoms with Gasteiger partial charge in [0.25, 0.3) is 0 Å². The summed E-state index contributed by atoms with van der Waals surface area (Å²) in [5.74, 6) is 0.983. The molecule has 0 spiro atoms. The summed E-state index contributed by atoms with van der Waals surface area (Å²) in [7, 11) is 0. The van der Waals surface area contributed by atoms with Crippen molar-refractivity contribution < 1.29 is 4.74 Å². The molecule has 0 aliphatic carbocycles. The maximum Gasteiger partial charge on any atom is 0.119 e. The smallest absolute Gasteiger partial charge is 0.119 e. The van der Waals surface area contributed by atoms with Gasteiger partial charge in [-0.2, -0.15) is 0 Å². The zero-order valence-corrected chi connectivity index (χ0v) is 12.0. The summed E-state index contributed by atoms with van der Waals surface area (Å²) in [6.07, 6.45) is 3.82. The predicted octanol–water partition coefficient (Wildman–Crippen LogP) is 2.45. The van der Waals surface area contributed by atoms with Crippen molar-refractivity contribution in [2.24, 2.45) is 0 Å². The summed E-state index contributed by atoms with van der Waals surface area (Å²) in [4.78, 5) is 2.54. The minimum Gasteiger partial charge on any atom is -0.494 e. The van der Waals surface area contributed by atoms with Crippen LogP contribution in [0.4, 0.5) is 0 Å². The lowest BCUT2D eigenvalue weighted by atomic mass is 10.2. The summed E-state index contributed by atoms with van der Waals surface area (Å²) >= 11 is 0. The standard InChI is InChI=1S/C16H26N2O/c1-15-6-4-7-16(14-15)19-13-5-8-17-9-12-18-10-2-3-11-18/h4,6-7,14,17H,2-3,5,8-13H2,1H3. The Labute approximate surface area is 116 Å². The Morgan fingerprint density at radius 3 is 2.84 bits per heavy atom. The van der Waals surface area contributed by atoms with Gasteiger partial charge in [0, 0.05) is 13.1 Å². The summed E-state index contributed by atoms with van der Waals surface area (Å²) in [5, 5.41) is 3.49. The van der Waals surface area contributed by atoms with Gasteiger partial charge in [-0.25, -0.2) is 0 Å². The van der Waals surface area contributed by atoms with E-state index in [1.165, 1.54) is 38.0 Å². The van der Waals surface area contributed by atoms with Crippen molar-refractivity contribution >= 4 is 0 Å². The van der Waals surface area contributed by atoms with Crippen molar-refractivity contribution in [1.29, 1.82) is 0 Å². The van der Waals surface area contributed by atoms with Gasteiger partial charge in [0.05, 0.1) is 6.61 Å². The Bertz CT molecular complexity index is 362. The Morgan fingerprint density at radius 1 is 1.21 bits per heavy atom. The molecule has 1 aliphatic rings. The van der Waals surface area contributed by atoms with Gasteiger partial charge in [-0.3, -0.25) is 0 Å². The monoisotopic (exact) mass is 262 g/mol. The zero-order valence-electron chi connectivity index (χ0n) is 12.0. The van der Waals surface area contributed by atoms with Crippen LogP contribution in [0, 0.1) is 6.92 Å². The second-order valence-electron chi connectivity index (χ2n) is 5.32. The predicted molar refractivity (Wildman–Crippen MR) is 79.8 cm³/mol. The lowest BCUT2D eigenvalue weighted by Crippen LogP contribution is -2.30. The van der Waals surface area contributed by atoms with Gasteiger partial charge in [0.15, 0.2) is 0 Å². The second kappa shape index (κ2) is 8.18. The fourth-order valence-electron chi connectivity index (χ4n) is 2.46. The quantitative estimate of drug-likeness (QED) is 0.728. The van der Waals surface area contributed by atoms with Gasteiger partial charge in [-0.1, -0.05) is 12.1 Å². The molecule has 0 atom stereocenters. The van der Waals surface area contributed by atoms with Crippen LogP contribution in [0.3, 0.4) is 0 Å². The van der Waals surface area contributed by atoms with E-state index in [-0.39, 0.29) is 0 Å². The molecule has 1 heterocycles. The van der Waals surface area contributed by atoms with E-state index in [1.807, 2.05) is 12.1 Å². The third kappa shape index (κ3) is 5.62. The van der Waals surface area contributed by atoms with Crippen LogP contribution in [0.25, 0.3) is 0 Å². The van der Waals surface area contributed by atoms with E-state index in [9.17, 15) is 0 Å². The maximum atomic E-state index is 5.72. The van der Waals surface area contributed by atoms with E-state index in [0.29, 0.717) is 0 Å². The number of rotatable bonds is 8. The number of hydrogen-bond donors (Lipinski definition) is 1. The Balaban J connectivity index is 1.46. The molecule has 3 nitrogen and oxygen atoms in total. The van der Waals surface area contributed by atoms with Gasteiger partial charge in [-0.15, -0.1) is 0 Å². The Kier molecular flexibility index (Phi) is 6.18. The molecule has 0 unspecified atom stereocenters. The largest absolute Gasteiger partial charge is 0.494 e. The normalized spacial score (nSPS) is 15.8. The maximum absolute atomic E-state index is 5.72. The highest BCUT2D eigenvalue weighted by Gasteiger charge is 2.09. The van der Waals surface area contributed by atoms with E-state index >= 15 is 0 Å². The first-order valence-corrected chi connectivity index (χ1v) is 7.47. The SMILES string of the molecule is Cc1cccc(OCCCNCCN2CCCC2)c1. The minimum atomic E-state index is 0.792. The van der Waals surface area contributed by atoms with Crippen LogP contribution in [0.15, 0.2) is 24.3 Å². The summed E-state index contributed by atoms with van der Waals surface area (Å²) in [6, 6.07) is 8.24. The molecular weight excluding hydrogens is 236 g/mol. The van der Waals surface area contributed by atoms with Gasteiger partial charge < -0.3 is 15.0 Å². The van der Waals surface area contributed by atoms with E-state index < -0.39 is 0 Å². The lowest BCUT2D eigenvalue weighted by molar-refractivity contribution is 0.301. The van der Waals surface area contributed by atoms with Crippen LogP contribution in [0.1, 0.15) is 24.8 Å². The third-order valence-corrected chi connectivity index (χ3v) is 3.56. The van der Waals surface area contributed by atoms with Gasteiger partial charge in [-0.05, 0) is 63.5 Å². The fraction of sp³-hybridized carbons (Fsp3) is 0.625. The molecule has 0 aromatic heterocycles. The molecule has 1 saturated heterocycles. The molecular formula is C16H26N2O. The van der Waals surface area contributed by atoms with Crippen molar-refractivity contribution in [2.45, 2.75) is 26.2 Å². The Morgan fingerprint density at radius 2 is 2.05 bits per heavy atom. The Hall–Kier alpha value is -1.06. The number of benzene rings is 1. The van der Waals surface area contributed by atoms with Crippen LogP contribution < -0.4 is 10.1 Å². The zero-order chi connectivity index (χ0) is 13.3. The van der Waals surface area contributed by atoms with E-state index in [0.717, 1.165) is 31.9 Å². The highest BCUT2D eigenvalue weighted by Crippen LogP contribution is 2.12. The van der Waals surface area contributed by atoms with Crippen LogP contribution in [0.2, 0.25) is 0 Å². The van der Waals surface area contributed by atoms with Crippen LogP contribution in [-0.4, -0.2) is 44.2 Å². The van der Waals surface area contributed by atoms with Gasteiger partial charge >= 0.3 is 0 Å².